The van der Waals surface area contributed by atoms with Gasteiger partial charge in [-0.25, -0.2) is 8.42 Å². The van der Waals surface area contributed by atoms with Crippen molar-refractivity contribution in [2.45, 2.75) is 50.1 Å². The number of pyridine rings is 1. The average Bonchev–Trinajstić information content (AvgIpc) is 3.68. The van der Waals surface area contributed by atoms with E-state index < -0.39 is 28.1 Å². The molecule has 204 valence electrons. The Bertz CT molecular complexity index is 1440. The number of benzene rings is 1. The van der Waals surface area contributed by atoms with E-state index in [-0.39, 0.29) is 36.4 Å². The number of amides is 2. The van der Waals surface area contributed by atoms with E-state index in [0.29, 0.717) is 30.5 Å². The maximum absolute atomic E-state index is 13.6. The lowest BCUT2D eigenvalue weighted by Crippen LogP contribution is -2.52. The first-order chi connectivity index (χ1) is 18.8. The third-order valence-electron chi connectivity index (χ3n) is 7.21. The highest BCUT2D eigenvalue weighted by atomic mass is 32.2. The van der Waals surface area contributed by atoms with E-state index in [1.54, 1.807) is 41.7 Å². The normalized spacial score (nSPS) is 20.1. The number of nitrogens with one attached hydrogen (secondary N) is 1. The number of fused-ring (bicyclic) bond motifs is 1. The summed E-state index contributed by atoms with van der Waals surface area (Å²) in [5.74, 6) is -1.34. The van der Waals surface area contributed by atoms with Crippen molar-refractivity contribution < 1.29 is 22.8 Å². The number of Topliss-reactive ketones (excluding diaryl/α,β-unsaturated/α-hetero) is 1. The molecule has 2 fully saturated rings. The molecule has 11 heteroatoms. The Balaban J connectivity index is 1.28. The van der Waals surface area contributed by atoms with E-state index >= 15 is 0 Å². The molecule has 4 heterocycles. The Labute approximate surface area is 231 Å². The minimum atomic E-state index is -3.81. The van der Waals surface area contributed by atoms with Crippen molar-refractivity contribution in [3.05, 3.63) is 77.4 Å². The molecule has 0 radical (unpaired) electrons. The van der Waals surface area contributed by atoms with Crippen molar-refractivity contribution >= 4 is 39.0 Å². The number of carbonyl (C=O) groups is 3. The Morgan fingerprint density at radius 2 is 1.92 bits per heavy atom. The summed E-state index contributed by atoms with van der Waals surface area (Å²) >= 11 is 1.61. The van der Waals surface area contributed by atoms with Gasteiger partial charge in [0.25, 0.3) is 5.91 Å². The summed E-state index contributed by atoms with van der Waals surface area (Å²) in [6.45, 7) is 1.90. The summed E-state index contributed by atoms with van der Waals surface area (Å²) in [6, 6.07) is 14.0. The van der Waals surface area contributed by atoms with Crippen molar-refractivity contribution in [1.82, 2.24) is 19.5 Å². The molecule has 39 heavy (non-hydrogen) atoms. The fourth-order valence-corrected chi connectivity index (χ4v) is 7.75. The first-order valence-electron chi connectivity index (χ1n) is 13.0. The number of hydrogen-bond acceptors (Lipinski definition) is 7. The average molecular weight is 567 g/mol. The highest BCUT2D eigenvalue weighted by Crippen LogP contribution is 2.33. The summed E-state index contributed by atoms with van der Waals surface area (Å²) in [7, 11) is -3.81. The number of sulfonamides is 1. The van der Waals surface area contributed by atoms with Crippen LogP contribution in [-0.4, -0.2) is 71.4 Å². The fraction of sp³-hybridized carbons (Fsp3) is 0.357. The summed E-state index contributed by atoms with van der Waals surface area (Å²) < 4.78 is 27.6. The molecule has 5 rings (SSSR count). The number of thiophene rings is 1. The van der Waals surface area contributed by atoms with Crippen molar-refractivity contribution in [2.24, 2.45) is 0 Å². The van der Waals surface area contributed by atoms with Crippen LogP contribution < -0.4 is 5.32 Å². The zero-order chi connectivity index (χ0) is 27.6. The molecule has 2 aromatic heterocycles. The van der Waals surface area contributed by atoms with Gasteiger partial charge in [-0.2, -0.15) is 4.31 Å². The van der Waals surface area contributed by atoms with Gasteiger partial charge in [-0.05, 0) is 54.1 Å². The lowest BCUT2D eigenvalue weighted by atomic mass is 10.1. The van der Waals surface area contributed by atoms with Gasteiger partial charge in [0.2, 0.25) is 15.9 Å². The molecule has 1 aromatic carbocycles. The van der Waals surface area contributed by atoms with Gasteiger partial charge in [-0.3, -0.25) is 19.4 Å². The maximum Gasteiger partial charge on any atom is 0.251 e. The number of likely N-dealkylation sites (tertiary alicyclic amines) is 1. The van der Waals surface area contributed by atoms with Gasteiger partial charge in [0.05, 0.1) is 18.3 Å². The fourth-order valence-electron chi connectivity index (χ4n) is 5.35. The van der Waals surface area contributed by atoms with Crippen LogP contribution in [0.25, 0.3) is 10.4 Å². The van der Waals surface area contributed by atoms with E-state index in [0.717, 1.165) is 10.4 Å². The smallest absolute Gasteiger partial charge is 0.251 e. The zero-order valence-corrected chi connectivity index (χ0v) is 23.2. The van der Waals surface area contributed by atoms with Crippen molar-refractivity contribution in [3.63, 3.8) is 0 Å². The number of hydrogen-bond donors (Lipinski definition) is 1. The van der Waals surface area contributed by atoms with E-state index in [1.807, 2.05) is 36.6 Å². The quantitative estimate of drug-likeness (QED) is 0.426. The standard InChI is InChI=1S/C28H30N4O5S2/c1-2-6-22(30-27(34)20-11-9-19(10-12-20)25-8-5-16-38-25)28(35)31-15-13-23-26(31)24(33)17-32(23)39(36,37)18-21-7-3-4-14-29-21/h3-5,7-12,14,16,22-23,26H,2,6,13,15,17-18H2,1H3,(H,30,34). The molecule has 9 nitrogen and oxygen atoms in total. The monoisotopic (exact) mass is 566 g/mol. The third kappa shape index (κ3) is 5.66. The minimum absolute atomic E-state index is 0.251. The molecule has 1 N–H and O–H groups in total. The highest BCUT2D eigenvalue weighted by Gasteiger charge is 2.54. The van der Waals surface area contributed by atoms with Gasteiger partial charge in [-0.1, -0.05) is 37.6 Å². The second-order valence-corrected chi connectivity index (χ2v) is 12.7. The number of carbonyl (C=O) groups excluding carboxylic acids is 3. The molecule has 2 saturated heterocycles. The van der Waals surface area contributed by atoms with Crippen LogP contribution in [0.15, 0.2) is 66.2 Å². The molecule has 0 aliphatic carbocycles. The first kappa shape index (κ1) is 27.2. The van der Waals surface area contributed by atoms with Crippen molar-refractivity contribution in [1.29, 1.82) is 0 Å². The highest BCUT2D eigenvalue weighted by molar-refractivity contribution is 7.88. The molecule has 2 aliphatic rings. The van der Waals surface area contributed by atoms with Crippen LogP contribution in [0, 0.1) is 0 Å². The van der Waals surface area contributed by atoms with Gasteiger partial charge in [0.1, 0.15) is 17.8 Å². The number of rotatable bonds is 9. The van der Waals surface area contributed by atoms with Crippen molar-refractivity contribution in [3.8, 4) is 10.4 Å². The molecule has 2 aliphatic heterocycles. The van der Waals surface area contributed by atoms with Gasteiger partial charge in [0.15, 0.2) is 5.78 Å². The maximum atomic E-state index is 13.6. The van der Waals surface area contributed by atoms with E-state index in [9.17, 15) is 22.8 Å². The van der Waals surface area contributed by atoms with E-state index in [2.05, 4.69) is 10.3 Å². The Morgan fingerprint density at radius 1 is 1.13 bits per heavy atom. The van der Waals surface area contributed by atoms with Crippen LogP contribution in [0.5, 0.6) is 0 Å². The number of aromatic nitrogens is 1. The second-order valence-electron chi connectivity index (χ2n) is 9.79. The Kier molecular flexibility index (Phi) is 7.92. The SMILES string of the molecule is CCCC(NC(=O)c1ccc(-c2cccs2)cc1)C(=O)N1CCC2C1C(=O)CN2S(=O)(=O)Cc1ccccn1. The lowest BCUT2D eigenvalue weighted by molar-refractivity contribution is -0.138. The van der Waals surface area contributed by atoms with Gasteiger partial charge < -0.3 is 10.2 Å². The number of nitrogens with zero attached hydrogens (tertiary/aromatic N) is 3. The van der Waals surface area contributed by atoms with Gasteiger partial charge in [-0.15, -0.1) is 11.3 Å². The van der Waals surface area contributed by atoms with Crippen LogP contribution in [-0.2, 0) is 25.4 Å². The summed E-state index contributed by atoms with van der Waals surface area (Å²) in [5.41, 5.74) is 1.84. The number of ketones is 1. The molecule has 0 spiro atoms. The largest absolute Gasteiger partial charge is 0.340 e. The summed E-state index contributed by atoms with van der Waals surface area (Å²) in [5, 5.41) is 4.85. The molecule has 2 amide bonds. The van der Waals surface area contributed by atoms with Gasteiger partial charge in [0, 0.05) is 23.2 Å². The van der Waals surface area contributed by atoms with Crippen LogP contribution in [0.4, 0.5) is 0 Å². The predicted molar refractivity (Wildman–Crippen MR) is 148 cm³/mol. The topological polar surface area (TPSA) is 117 Å². The lowest BCUT2D eigenvalue weighted by Gasteiger charge is -2.28. The first-order valence-corrected chi connectivity index (χ1v) is 15.4. The van der Waals surface area contributed by atoms with Crippen molar-refractivity contribution in [2.75, 3.05) is 13.1 Å². The molecule has 3 unspecified atom stereocenters. The molecular weight excluding hydrogens is 536 g/mol. The Hall–Kier alpha value is -3.41. The Morgan fingerprint density at radius 3 is 2.59 bits per heavy atom. The van der Waals surface area contributed by atoms with Crippen LogP contribution in [0.2, 0.25) is 0 Å². The summed E-state index contributed by atoms with van der Waals surface area (Å²) in [6.07, 6.45) is 2.94. The van der Waals surface area contributed by atoms with E-state index in [1.165, 1.54) is 15.4 Å². The molecule has 3 aromatic rings. The zero-order valence-electron chi connectivity index (χ0n) is 21.5. The molecule has 0 saturated carbocycles. The van der Waals surface area contributed by atoms with Crippen LogP contribution >= 0.6 is 11.3 Å². The summed E-state index contributed by atoms with van der Waals surface area (Å²) in [4.78, 5) is 46.4. The minimum Gasteiger partial charge on any atom is -0.340 e. The molecular formula is C28H30N4O5S2. The van der Waals surface area contributed by atoms with Crippen LogP contribution in [0.1, 0.15) is 42.2 Å². The molecule has 3 atom stereocenters. The van der Waals surface area contributed by atoms with Gasteiger partial charge >= 0.3 is 0 Å². The van der Waals surface area contributed by atoms with Crippen LogP contribution in [0.3, 0.4) is 0 Å². The second kappa shape index (κ2) is 11.4. The predicted octanol–water partition coefficient (Wildman–Crippen LogP) is 3.09. The third-order valence-corrected chi connectivity index (χ3v) is 9.90. The van der Waals surface area contributed by atoms with E-state index in [4.69, 9.17) is 0 Å². The molecule has 0 bridgehead atoms.